The Morgan fingerprint density at radius 1 is 1.54 bits per heavy atom. The topological polar surface area (TPSA) is 38.3 Å². The lowest BCUT2D eigenvalue weighted by atomic mass is 10.2. The van der Waals surface area contributed by atoms with Gasteiger partial charge in [-0.2, -0.15) is 0 Å². The van der Waals surface area contributed by atoms with Crippen LogP contribution in [0.5, 0.6) is 5.75 Å². The summed E-state index contributed by atoms with van der Waals surface area (Å²) >= 11 is 0. The molecule has 3 heteroatoms. The van der Waals surface area contributed by atoms with E-state index in [0.717, 1.165) is 5.56 Å². The zero-order valence-electron chi connectivity index (χ0n) is 6.83. The van der Waals surface area contributed by atoms with E-state index in [1.165, 1.54) is 0 Å². The molecule has 1 amide bonds. The molecule has 1 aromatic rings. The number of hydrogen-bond donors (Lipinski definition) is 1. The average molecular weight is 173 g/mol. The predicted molar refractivity (Wildman–Crippen MR) is 48.5 cm³/mol. The molecular weight excluding hydrogens is 166 g/mol. The van der Waals surface area contributed by atoms with Crippen molar-refractivity contribution in [3.05, 3.63) is 23.8 Å². The van der Waals surface area contributed by atoms with Crippen molar-refractivity contribution in [1.82, 2.24) is 0 Å². The maximum absolute atomic E-state index is 10.9. The third-order valence-corrected chi connectivity index (χ3v) is 1.78. The van der Waals surface area contributed by atoms with Crippen LogP contribution in [-0.4, -0.2) is 12.5 Å². The molecule has 0 unspecified atom stereocenters. The van der Waals surface area contributed by atoms with Crippen molar-refractivity contribution >= 4 is 11.6 Å². The third kappa shape index (κ3) is 1.34. The van der Waals surface area contributed by atoms with Crippen LogP contribution in [0, 0.1) is 12.3 Å². The van der Waals surface area contributed by atoms with E-state index in [-0.39, 0.29) is 12.5 Å². The number of anilines is 1. The number of hydrogen-bond acceptors (Lipinski definition) is 2. The first-order valence-corrected chi connectivity index (χ1v) is 3.83. The molecule has 0 spiro atoms. The average Bonchev–Trinajstić information content (AvgIpc) is 2.16. The van der Waals surface area contributed by atoms with Crippen LogP contribution in [0.1, 0.15) is 5.56 Å². The minimum atomic E-state index is -0.151. The first-order valence-electron chi connectivity index (χ1n) is 3.83. The normalized spacial score (nSPS) is 13.6. The van der Waals surface area contributed by atoms with Crippen LogP contribution in [0.15, 0.2) is 18.2 Å². The largest absolute Gasteiger partial charge is 0.482 e. The Morgan fingerprint density at radius 3 is 3.15 bits per heavy atom. The molecule has 0 saturated carbocycles. The van der Waals surface area contributed by atoms with Gasteiger partial charge in [0.05, 0.1) is 5.69 Å². The maximum atomic E-state index is 10.9. The second-order valence-corrected chi connectivity index (χ2v) is 2.69. The highest BCUT2D eigenvalue weighted by atomic mass is 16.5. The molecule has 0 radical (unpaired) electrons. The highest BCUT2D eigenvalue weighted by molar-refractivity contribution is 5.95. The summed E-state index contributed by atoms with van der Waals surface area (Å²) < 4.78 is 5.15. The third-order valence-electron chi connectivity index (χ3n) is 1.78. The van der Waals surface area contributed by atoms with Crippen LogP contribution < -0.4 is 10.1 Å². The minimum Gasteiger partial charge on any atom is -0.482 e. The molecule has 64 valence electrons. The zero-order chi connectivity index (χ0) is 9.26. The number of carbonyl (C=O) groups excluding carboxylic acids is 1. The Morgan fingerprint density at radius 2 is 2.38 bits per heavy atom. The number of nitrogens with one attached hydrogen (secondary N) is 1. The standard InChI is InChI=1S/C10H7NO2/c1-2-7-3-4-9-8(5-7)11-10(12)6-13-9/h1,3-5H,6H2,(H,11,12). The highest BCUT2D eigenvalue weighted by Gasteiger charge is 2.15. The van der Waals surface area contributed by atoms with Crippen LogP contribution in [0.25, 0.3) is 0 Å². The van der Waals surface area contributed by atoms with Gasteiger partial charge in [0.1, 0.15) is 5.75 Å². The van der Waals surface area contributed by atoms with Crippen LogP contribution in [0.3, 0.4) is 0 Å². The van der Waals surface area contributed by atoms with E-state index in [1.807, 2.05) is 0 Å². The number of benzene rings is 1. The van der Waals surface area contributed by atoms with Crippen molar-refractivity contribution in [3.8, 4) is 18.1 Å². The van der Waals surface area contributed by atoms with Crippen molar-refractivity contribution in [2.45, 2.75) is 0 Å². The van der Waals surface area contributed by atoms with Gasteiger partial charge >= 0.3 is 0 Å². The van der Waals surface area contributed by atoms with E-state index in [0.29, 0.717) is 11.4 Å². The Hall–Kier alpha value is -1.95. The van der Waals surface area contributed by atoms with Gasteiger partial charge in [0.2, 0.25) is 0 Å². The van der Waals surface area contributed by atoms with Crippen molar-refractivity contribution < 1.29 is 9.53 Å². The summed E-state index contributed by atoms with van der Waals surface area (Å²) in [5.41, 5.74) is 1.37. The first kappa shape index (κ1) is 7.69. The lowest BCUT2D eigenvalue weighted by Crippen LogP contribution is -2.25. The quantitative estimate of drug-likeness (QED) is 0.594. The molecule has 1 N–H and O–H groups in total. The molecule has 1 aliphatic rings. The summed E-state index contributed by atoms with van der Waals surface area (Å²) in [6.45, 7) is 0.0718. The van der Waals surface area contributed by atoms with Gasteiger partial charge < -0.3 is 10.1 Å². The van der Waals surface area contributed by atoms with Crippen LogP contribution in [-0.2, 0) is 4.79 Å². The SMILES string of the molecule is C#Cc1ccc2c(c1)NC(=O)CO2. The molecule has 0 aromatic heterocycles. The Labute approximate surface area is 75.7 Å². The fraction of sp³-hybridized carbons (Fsp3) is 0.100. The van der Waals surface area contributed by atoms with E-state index >= 15 is 0 Å². The van der Waals surface area contributed by atoms with Gasteiger partial charge in [-0.25, -0.2) is 0 Å². The molecule has 0 aliphatic carbocycles. The predicted octanol–water partition coefficient (Wildman–Crippen LogP) is 0.999. The Balaban J connectivity index is 2.45. The minimum absolute atomic E-state index is 0.0718. The molecule has 1 aliphatic heterocycles. The van der Waals surface area contributed by atoms with E-state index in [2.05, 4.69) is 11.2 Å². The summed E-state index contributed by atoms with van der Waals surface area (Å²) in [6.07, 6.45) is 5.21. The summed E-state index contributed by atoms with van der Waals surface area (Å²) in [4.78, 5) is 10.9. The summed E-state index contributed by atoms with van der Waals surface area (Å²) in [5.74, 6) is 3.00. The fourth-order valence-electron chi connectivity index (χ4n) is 1.17. The van der Waals surface area contributed by atoms with Gasteiger partial charge in [-0.1, -0.05) is 5.92 Å². The van der Waals surface area contributed by atoms with Crippen molar-refractivity contribution in [2.75, 3.05) is 11.9 Å². The van der Waals surface area contributed by atoms with Crippen molar-refractivity contribution in [2.24, 2.45) is 0 Å². The highest BCUT2D eigenvalue weighted by Crippen LogP contribution is 2.27. The van der Waals surface area contributed by atoms with Gasteiger partial charge in [-0.05, 0) is 18.2 Å². The number of terminal acetylenes is 1. The molecule has 3 nitrogen and oxygen atoms in total. The van der Waals surface area contributed by atoms with Crippen LogP contribution >= 0.6 is 0 Å². The van der Waals surface area contributed by atoms with E-state index in [1.54, 1.807) is 18.2 Å². The number of fused-ring (bicyclic) bond motifs is 1. The number of rotatable bonds is 0. The van der Waals surface area contributed by atoms with Gasteiger partial charge in [-0.15, -0.1) is 6.42 Å². The number of amides is 1. The van der Waals surface area contributed by atoms with Crippen molar-refractivity contribution in [3.63, 3.8) is 0 Å². The van der Waals surface area contributed by atoms with Crippen LogP contribution in [0.4, 0.5) is 5.69 Å². The second kappa shape index (κ2) is 2.83. The summed E-state index contributed by atoms with van der Waals surface area (Å²) in [6, 6.07) is 5.24. The molecule has 0 fully saturated rings. The lowest BCUT2D eigenvalue weighted by Gasteiger charge is -2.17. The fourth-order valence-corrected chi connectivity index (χ4v) is 1.17. The number of ether oxygens (including phenoxy) is 1. The van der Waals surface area contributed by atoms with E-state index in [9.17, 15) is 4.79 Å². The molecule has 2 rings (SSSR count). The smallest absolute Gasteiger partial charge is 0.262 e. The summed E-state index contributed by atoms with van der Waals surface area (Å²) in [5, 5.41) is 2.68. The monoisotopic (exact) mass is 173 g/mol. The maximum Gasteiger partial charge on any atom is 0.262 e. The molecule has 13 heavy (non-hydrogen) atoms. The zero-order valence-corrected chi connectivity index (χ0v) is 6.83. The van der Waals surface area contributed by atoms with Gasteiger partial charge in [0, 0.05) is 5.56 Å². The molecule has 0 bridgehead atoms. The molecular formula is C10H7NO2. The molecule has 0 atom stereocenters. The van der Waals surface area contributed by atoms with Gasteiger partial charge in [0.15, 0.2) is 6.61 Å². The second-order valence-electron chi connectivity index (χ2n) is 2.69. The molecule has 1 heterocycles. The van der Waals surface area contributed by atoms with E-state index < -0.39 is 0 Å². The molecule has 1 aromatic carbocycles. The lowest BCUT2D eigenvalue weighted by molar-refractivity contribution is -0.118. The van der Waals surface area contributed by atoms with Crippen molar-refractivity contribution in [1.29, 1.82) is 0 Å². The summed E-state index contributed by atoms with van der Waals surface area (Å²) in [7, 11) is 0. The molecule has 0 saturated heterocycles. The van der Waals surface area contributed by atoms with Crippen LogP contribution in [0.2, 0.25) is 0 Å². The first-order chi connectivity index (χ1) is 6.29. The Bertz CT molecular complexity index is 404. The van der Waals surface area contributed by atoms with E-state index in [4.69, 9.17) is 11.2 Å². The number of carbonyl (C=O) groups is 1. The van der Waals surface area contributed by atoms with Gasteiger partial charge in [0.25, 0.3) is 5.91 Å². The van der Waals surface area contributed by atoms with Gasteiger partial charge in [-0.3, -0.25) is 4.79 Å². The Kier molecular flexibility index (Phi) is 1.67.